The lowest BCUT2D eigenvalue weighted by molar-refractivity contribution is -0.117. The van der Waals surface area contributed by atoms with E-state index in [2.05, 4.69) is 10.3 Å². The number of thiophene rings is 1. The fourth-order valence-corrected chi connectivity index (χ4v) is 5.22. The molecular weight excluding hydrogens is 467 g/mol. The van der Waals surface area contributed by atoms with E-state index in [0.29, 0.717) is 46.8 Å². The molecule has 3 heterocycles. The van der Waals surface area contributed by atoms with Crippen molar-refractivity contribution in [3.63, 3.8) is 0 Å². The second kappa shape index (κ2) is 9.08. The Morgan fingerprint density at radius 1 is 1.10 bits per heavy atom. The summed E-state index contributed by atoms with van der Waals surface area (Å²) in [7, 11) is 0. The molecule has 0 spiro atoms. The van der Waals surface area contributed by atoms with E-state index in [4.69, 9.17) is 34.8 Å². The number of benzene rings is 1. The maximum absolute atomic E-state index is 13.0. The third kappa shape index (κ3) is 4.55. The monoisotopic (exact) mass is 482 g/mol. The van der Waals surface area contributed by atoms with Gasteiger partial charge in [0.05, 0.1) is 17.3 Å². The van der Waals surface area contributed by atoms with Crippen molar-refractivity contribution in [1.29, 1.82) is 0 Å². The summed E-state index contributed by atoms with van der Waals surface area (Å²) in [4.78, 5) is 33.5. The average Bonchev–Trinajstić information content (AvgIpc) is 3.05. The number of hydrogen-bond acceptors (Lipinski definition) is 5. The number of nitrogens with one attached hydrogen (secondary N) is 1. The second-order valence-corrected chi connectivity index (χ2v) is 9.07. The van der Waals surface area contributed by atoms with E-state index in [-0.39, 0.29) is 23.5 Å². The Morgan fingerprint density at radius 2 is 1.87 bits per heavy atom. The number of piperazine rings is 1. The van der Waals surface area contributed by atoms with Crippen molar-refractivity contribution in [3.8, 4) is 0 Å². The molecule has 6 nitrogen and oxygen atoms in total. The molecule has 0 aliphatic carbocycles. The molecule has 4 rings (SSSR count). The number of nitrogens with zero attached hydrogens (tertiary/aromatic N) is 3. The number of aromatic nitrogens is 1. The minimum Gasteiger partial charge on any atom is -0.335 e. The number of halogens is 3. The lowest BCUT2D eigenvalue weighted by Crippen LogP contribution is -2.50. The zero-order chi connectivity index (χ0) is 21.3. The van der Waals surface area contributed by atoms with Gasteiger partial charge >= 0.3 is 0 Å². The molecule has 1 N–H and O–H groups in total. The van der Waals surface area contributed by atoms with Gasteiger partial charge in [-0.1, -0.05) is 40.9 Å². The number of fused-ring (bicyclic) bond motifs is 1. The number of anilines is 1. The Morgan fingerprint density at radius 3 is 2.60 bits per heavy atom. The van der Waals surface area contributed by atoms with Crippen LogP contribution in [0.2, 0.25) is 15.2 Å². The number of rotatable bonds is 4. The molecule has 10 heteroatoms. The van der Waals surface area contributed by atoms with Gasteiger partial charge < -0.3 is 10.2 Å². The number of pyridine rings is 1. The Bertz CT molecular complexity index is 1110. The minimum absolute atomic E-state index is 0.0939. The Hall–Kier alpha value is -1.90. The van der Waals surface area contributed by atoms with Gasteiger partial charge in [0.2, 0.25) is 5.91 Å². The number of amides is 2. The molecule has 1 aliphatic rings. The molecule has 3 aromatic rings. The second-order valence-electron chi connectivity index (χ2n) is 6.84. The van der Waals surface area contributed by atoms with Crippen molar-refractivity contribution in [2.45, 2.75) is 0 Å². The third-order valence-corrected chi connectivity index (χ3v) is 7.03. The fraction of sp³-hybridized carbons (Fsp3) is 0.250. The first-order valence-electron chi connectivity index (χ1n) is 9.22. The van der Waals surface area contributed by atoms with Gasteiger partial charge in [-0.05, 0) is 24.3 Å². The standard InChI is InChI=1S/C20H17Cl3N4O2S/c21-12-3-4-13-15(10-12)30-18(17(13)22)20(29)27-8-6-26(7-9-27)11-16(28)25-14-2-1-5-24-19(14)23/h1-5,10H,6-9,11H2,(H,25,28). The zero-order valence-electron chi connectivity index (χ0n) is 15.7. The Labute approximate surface area is 192 Å². The summed E-state index contributed by atoms with van der Waals surface area (Å²) in [5, 5.41) is 4.92. The number of hydrogen-bond donors (Lipinski definition) is 1. The van der Waals surface area contributed by atoms with Gasteiger partial charge in [-0.3, -0.25) is 14.5 Å². The molecule has 156 valence electrons. The topological polar surface area (TPSA) is 65.5 Å². The van der Waals surface area contributed by atoms with Crippen molar-refractivity contribution in [3.05, 3.63) is 56.6 Å². The number of carbonyl (C=O) groups excluding carboxylic acids is 2. The molecular formula is C20H17Cl3N4O2S. The van der Waals surface area contributed by atoms with Gasteiger partial charge in [-0.2, -0.15) is 0 Å². The maximum Gasteiger partial charge on any atom is 0.265 e. The first-order chi connectivity index (χ1) is 14.4. The highest BCUT2D eigenvalue weighted by atomic mass is 35.5. The van der Waals surface area contributed by atoms with Crippen LogP contribution in [0.3, 0.4) is 0 Å². The Kier molecular flexibility index (Phi) is 6.46. The summed E-state index contributed by atoms with van der Waals surface area (Å²) in [6, 6.07) is 8.82. The predicted molar refractivity (Wildman–Crippen MR) is 122 cm³/mol. The van der Waals surface area contributed by atoms with E-state index in [1.165, 1.54) is 11.3 Å². The first kappa shape index (κ1) is 21.3. The molecule has 0 unspecified atom stereocenters. The highest BCUT2D eigenvalue weighted by Gasteiger charge is 2.27. The molecule has 0 saturated carbocycles. The van der Waals surface area contributed by atoms with Gasteiger partial charge in [-0.25, -0.2) is 4.98 Å². The van der Waals surface area contributed by atoms with E-state index in [1.807, 2.05) is 17.0 Å². The van der Waals surface area contributed by atoms with Gasteiger partial charge in [-0.15, -0.1) is 11.3 Å². The molecule has 30 heavy (non-hydrogen) atoms. The van der Waals surface area contributed by atoms with Gasteiger partial charge in [0, 0.05) is 47.5 Å². The highest BCUT2D eigenvalue weighted by Crippen LogP contribution is 2.37. The normalized spacial score (nSPS) is 14.8. The van der Waals surface area contributed by atoms with Crippen molar-refractivity contribution in [2.24, 2.45) is 0 Å². The van der Waals surface area contributed by atoms with E-state index in [0.717, 1.165) is 10.1 Å². The van der Waals surface area contributed by atoms with Crippen LogP contribution in [0.1, 0.15) is 9.67 Å². The van der Waals surface area contributed by atoms with Crippen LogP contribution in [0.4, 0.5) is 5.69 Å². The minimum atomic E-state index is -0.172. The first-order valence-corrected chi connectivity index (χ1v) is 11.2. The molecule has 1 fully saturated rings. The largest absolute Gasteiger partial charge is 0.335 e. The summed E-state index contributed by atoms with van der Waals surface area (Å²) in [6.45, 7) is 2.44. The summed E-state index contributed by atoms with van der Waals surface area (Å²) < 4.78 is 0.889. The van der Waals surface area contributed by atoms with Crippen LogP contribution in [0.15, 0.2) is 36.5 Å². The van der Waals surface area contributed by atoms with Crippen molar-refractivity contribution in [2.75, 3.05) is 38.0 Å². The highest BCUT2D eigenvalue weighted by molar-refractivity contribution is 7.21. The SMILES string of the molecule is O=C(CN1CCN(C(=O)c2sc3cc(Cl)ccc3c2Cl)CC1)Nc1cccnc1Cl. The Balaban J connectivity index is 1.35. The summed E-state index contributed by atoms with van der Waals surface area (Å²) in [6.07, 6.45) is 1.56. The van der Waals surface area contributed by atoms with Crippen molar-refractivity contribution < 1.29 is 9.59 Å². The van der Waals surface area contributed by atoms with Gasteiger partial charge in [0.25, 0.3) is 5.91 Å². The maximum atomic E-state index is 13.0. The van der Waals surface area contributed by atoms with E-state index >= 15 is 0 Å². The molecule has 2 aromatic heterocycles. The summed E-state index contributed by atoms with van der Waals surface area (Å²) in [5.74, 6) is -0.266. The van der Waals surface area contributed by atoms with Gasteiger partial charge in [0.15, 0.2) is 5.15 Å². The van der Waals surface area contributed by atoms with E-state index in [1.54, 1.807) is 29.3 Å². The quantitative estimate of drug-likeness (QED) is 0.549. The third-order valence-electron chi connectivity index (χ3n) is 4.85. The predicted octanol–water partition coefficient (Wildman–Crippen LogP) is 4.65. The van der Waals surface area contributed by atoms with Crippen molar-refractivity contribution >= 4 is 73.7 Å². The van der Waals surface area contributed by atoms with Crippen molar-refractivity contribution in [1.82, 2.24) is 14.8 Å². The molecule has 2 amide bonds. The van der Waals surface area contributed by atoms with Crippen LogP contribution in [-0.4, -0.2) is 59.3 Å². The molecule has 0 radical (unpaired) electrons. The lowest BCUT2D eigenvalue weighted by Gasteiger charge is -2.34. The van der Waals surface area contributed by atoms with Crippen LogP contribution >= 0.6 is 46.1 Å². The average molecular weight is 484 g/mol. The molecule has 0 bridgehead atoms. The molecule has 1 aromatic carbocycles. The van der Waals surface area contributed by atoms with Crippen LogP contribution in [0.25, 0.3) is 10.1 Å². The smallest absolute Gasteiger partial charge is 0.265 e. The molecule has 1 aliphatic heterocycles. The van der Waals surface area contributed by atoms with Crippen LogP contribution < -0.4 is 5.32 Å². The summed E-state index contributed by atoms with van der Waals surface area (Å²) in [5.41, 5.74) is 0.484. The van der Waals surface area contributed by atoms with Gasteiger partial charge in [0.1, 0.15) is 4.88 Å². The van der Waals surface area contributed by atoms with E-state index < -0.39 is 0 Å². The number of carbonyl (C=O) groups is 2. The summed E-state index contributed by atoms with van der Waals surface area (Å²) >= 11 is 19.8. The fourth-order valence-electron chi connectivity index (χ4n) is 3.30. The zero-order valence-corrected chi connectivity index (χ0v) is 18.8. The molecule has 0 atom stereocenters. The van der Waals surface area contributed by atoms with E-state index in [9.17, 15) is 9.59 Å². The molecule has 1 saturated heterocycles. The van der Waals surface area contributed by atoms with Crippen LogP contribution in [0.5, 0.6) is 0 Å². The van der Waals surface area contributed by atoms with Crippen LogP contribution in [0, 0.1) is 0 Å². The van der Waals surface area contributed by atoms with Crippen LogP contribution in [-0.2, 0) is 4.79 Å². The lowest BCUT2D eigenvalue weighted by atomic mass is 10.2.